The lowest BCUT2D eigenvalue weighted by atomic mass is 10.2. The van der Waals surface area contributed by atoms with Crippen molar-refractivity contribution in [2.45, 2.75) is 16.6 Å². The maximum Gasteiger partial charge on any atom is 0.339 e. The Labute approximate surface area is 133 Å². The van der Waals surface area contributed by atoms with Gasteiger partial charge in [-0.05, 0) is 18.6 Å². The molecule has 120 valence electrons. The van der Waals surface area contributed by atoms with Crippen molar-refractivity contribution in [1.29, 1.82) is 0 Å². The van der Waals surface area contributed by atoms with Crippen LogP contribution in [0.4, 0.5) is 0 Å². The second-order valence-corrected chi connectivity index (χ2v) is 8.46. The minimum Gasteiger partial charge on any atom is -0.452 e. The molecule has 1 atom stereocenters. The van der Waals surface area contributed by atoms with E-state index in [1.807, 2.05) is 0 Å². The van der Waals surface area contributed by atoms with Crippen LogP contribution in [0, 0.1) is 0 Å². The molecule has 1 amide bonds. The van der Waals surface area contributed by atoms with Crippen molar-refractivity contribution in [3.8, 4) is 0 Å². The van der Waals surface area contributed by atoms with Crippen molar-refractivity contribution in [1.82, 2.24) is 5.32 Å². The van der Waals surface area contributed by atoms with E-state index >= 15 is 0 Å². The van der Waals surface area contributed by atoms with E-state index in [1.54, 1.807) is 24.3 Å². The molecule has 1 N–H and O–H groups in total. The largest absolute Gasteiger partial charge is 0.452 e. The van der Waals surface area contributed by atoms with E-state index in [-0.39, 0.29) is 29.3 Å². The smallest absolute Gasteiger partial charge is 0.339 e. The Hall–Kier alpha value is -1.54. The van der Waals surface area contributed by atoms with E-state index in [1.165, 1.54) is 18.8 Å². The average molecular weight is 343 g/mol. The first-order valence-electron chi connectivity index (χ1n) is 6.75. The zero-order chi connectivity index (χ0) is 16.2. The maximum atomic E-state index is 12.1. The van der Waals surface area contributed by atoms with Crippen molar-refractivity contribution < 1.29 is 22.7 Å². The Bertz CT molecular complexity index is 672. The highest BCUT2D eigenvalue weighted by atomic mass is 32.2. The monoisotopic (exact) mass is 343 g/mol. The number of carbonyl (C=O) groups excluding carboxylic acids is 2. The molecule has 8 heteroatoms. The molecule has 0 aliphatic carbocycles. The third-order valence-corrected chi connectivity index (χ3v) is 6.53. The summed E-state index contributed by atoms with van der Waals surface area (Å²) in [6.45, 7) is -0.341. The fourth-order valence-electron chi connectivity index (χ4n) is 2.05. The number of carbonyl (C=O) groups is 2. The van der Waals surface area contributed by atoms with Gasteiger partial charge in [0.2, 0.25) is 0 Å². The van der Waals surface area contributed by atoms with Gasteiger partial charge >= 0.3 is 5.97 Å². The van der Waals surface area contributed by atoms with Gasteiger partial charge in [-0.1, -0.05) is 12.1 Å². The molecule has 0 aromatic heterocycles. The Morgan fingerprint density at radius 2 is 2.09 bits per heavy atom. The lowest BCUT2D eigenvalue weighted by molar-refractivity contribution is -0.123. The molecule has 0 bridgehead atoms. The molecule has 0 radical (unpaired) electrons. The molecule has 1 heterocycles. The van der Waals surface area contributed by atoms with Crippen LogP contribution in [-0.4, -0.2) is 50.7 Å². The van der Waals surface area contributed by atoms with Crippen LogP contribution in [-0.2, 0) is 19.4 Å². The van der Waals surface area contributed by atoms with E-state index in [0.29, 0.717) is 16.9 Å². The van der Waals surface area contributed by atoms with Gasteiger partial charge in [-0.25, -0.2) is 13.2 Å². The molecule has 1 aliphatic rings. The highest BCUT2D eigenvalue weighted by molar-refractivity contribution is 8.02. The first-order chi connectivity index (χ1) is 10.4. The van der Waals surface area contributed by atoms with Gasteiger partial charge in [-0.3, -0.25) is 4.79 Å². The van der Waals surface area contributed by atoms with Crippen LogP contribution >= 0.6 is 11.8 Å². The van der Waals surface area contributed by atoms with Crippen LogP contribution < -0.4 is 5.32 Å². The van der Waals surface area contributed by atoms with Crippen LogP contribution in [0.1, 0.15) is 16.8 Å². The molecular formula is C14H17NO5S2. The summed E-state index contributed by atoms with van der Waals surface area (Å²) >= 11 is 1.37. The summed E-state index contributed by atoms with van der Waals surface area (Å²) in [5, 5.41) is 2.31. The molecule has 1 fully saturated rings. The van der Waals surface area contributed by atoms with Crippen LogP contribution in [0.15, 0.2) is 29.2 Å². The van der Waals surface area contributed by atoms with Crippen LogP contribution in [0.25, 0.3) is 0 Å². The van der Waals surface area contributed by atoms with Gasteiger partial charge in [0.25, 0.3) is 5.91 Å². The molecule has 1 aromatic carbocycles. The zero-order valence-electron chi connectivity index (χ0n) is 12.1. The number of rotatable bonds is 5. The van der Waals surface area contributed by atoms with Gasteiger partial charge in [-0.15, -0.1) is 11.8 Å². The van der Waals surface area contributed by atoms with Gasteiger partial charge in [0, 0.05) is 17.2 Å². The molecule has 6 nitrogen and oxygen atoms in total. The van der Waals surface area contributed by atoms with Crippen LogP contribution in [0.2, 0.25) is 0 Å². The predicted octanol–water partition coefficient (Wildman–Crippen LogP) is 0.869. The number of thioether (sulfide) groups is 1. The Morgan fingerprint density at radius 3 is 2.73 bits per heavy atom. The Kier molecular flexibility index (Phi) is 5.47. The standard InChI is InChI=1S/C14H17NO5S2/c1-15-13(16)8-20-14(17)11-4-2-3-5-12(11)21-10-6-7-22(18,19)9-10/h2-5,10H,6-9H2,1H3,(H,15,16)/t10-/m0/s1. The number of sulfone groups is 1. The Morgan fingerprint density at radius 1 is 1.36 bits per heavy atom. The van der Waals surface area contributed by atoms with E-state index in [4.69, 9.17) is 4.74 Å². The van der Waals surface area contributed by atoms with Gasteiger partial charge in [-0.2, -0.15) is 0 Å². The van der Waals surface area contributed by atoms with Crippen molar-refractivity contribution in [2.75, 3.05) is 25.2 Å². The number of hydrogen-bond acceptors (Lipinski definition) is 6. The molecule has 1 aliphatic heterocycles. The summed E-state index contributed by atoms with van der Waals surface area (Å²) in [7, 11) is -1.50. The quantitative estimate of drug-likeness (QED) is 0.798. The minimum absolute atomic E-state index is 0.0575. The molecule has 1 saturated heterocycles. The lowest BCUT2D eigenvalue weighted by Crippen LogP contribution is -2.25. The van der Waals surface area contributed by atoms with E-state index in [9.17, 15) is 18.0 Å². The molecule has 0 saturated carbocycles. The highest BCUT2D eigenvalue weighted by Crippen LogP contribution is 2.33. The molecule has 0 spiro atoms. The zero-order valence-corrected chi connectivity index (χ0v) is 13.7. The van der Waals surface area contributed by atoms with Crippen molar-refractivity contribution in [3.63, 3.8) is 0 Å². The van der Waals surface area contributed by atoms with E-state index in [0.717, 1.165) is 0 Å². The number of likely N-dealkylation sites (N-methyl/N-ethyl adjacent to an activating group) is 1. The number of benzene rings is 1. The van der Waals surface area contributed by atoms with Crippen molar-refractivity contribution in [2.24, 2.45) is 0 Å². The van der Waals surface area contributed by atoms with Crippen molar-refractivity contribution >= 4 is 33.5 Å². The predicted molar refractivity (Wildman–Crippen MR) is 83.7 cm³/mol. The fraction of sp³-hybridized carbons (Fsp3) is 0.429. The number of ether oxygens (including phenoxy) is 1. The van der Waals surface area contributed by atoms with E-state index < -0.39 is 15.8 Å². The average Bonchev–Trinajstić information content (AvgIpc) is 2.83. The number of esters is 1. The van der Waals surface area contributed by atoms with Crippen LogP contribution in [0.3, 0.4) is 0 Å². The molecular weight excluding hydrogens is 326 g/mol. The minimum atomic E-state index is -2.96. The van der Waals surface area contributed by atoms with Crippen LogP contribution in [0.5, 0.6) is 0 Å². The lowest BCUT2D eigenvalue weighted by Gasteiger charge is -2.12. The van der Waals surface area contributed by atoms with Gasteiger partial charge in [0.15, 0.2) is 16.4 Å². The third-order valence-electron chi connectivity index (χ3n) is 3.20. The molecule has 22 heavy (non-hydrogen) atoms. The highest BCUT2D eigenvalue weighted by Gasteiger charge is 2.29. The van der Waals surface area contributed by atoms with E-state index in [2.05, 4.69) is 5.32 Å². The summed E-state index contributed by atoms with van der Waals surface area (Å²) in [5.41, 5.74) is 0.348. The first kappa shape index (κ1) is 16.8. The third kappa shape index (κ3) is 4.48. The normalized spacial score (nSPS) is 19.6. The van der Waals surface area contributed by atoms with Gasteiger partial charge in [0.05, 0.1) is 17.1 Å². The number of nitrogens with one attached hydrogen (secondary N) is 1. The summed E-state index contributed by atoms with van der Waals surface area (Å²) in [6.07, 6.45) is 0.578. The summed E-state index contributed by atoms with van der Waals surface area (Å²) in [5.74, 6) is -0.666. The summed E-state index contributed by atoms with van der Waals surface area (Å²) in [4.78, 5) is 23.8. The summed E-state index contributed by atoms with van der Waals surface area (Å²) < 4.78 is 28.0. The second kappa shape index (κ2) is 7.15. The Balaban J connectivity index is 2.06. The summed E-state index contributed by atoms with van der Waals surface area (Å²) in [6, 6.07) is 6.84. The SMILES string of the molecule is CNC(=O)COC(=O)c1ccccc1S[C@H]1CCS(=O)(=O)C1. The van der Waals surface area contributed by atoms with Gasteiger partial charge in [0.1, 0.15) is 0 Å². The number of hydrogen-bond donors (Lipinski definition) is 1. The van der Waals surface area contributed by atoms with Gasteiger partial charge < -0.3 is 10.1 Å². The fourth-order valence-corrected chi connectivity index (χ4v) is 5.67. The second-order valence-electron chi connectivity index (χ2n) is 4.89. The maximum absolute atomic E-state index is 12.1. The van der Waals surface area contributed by atoms with Crippen molar-refractivity contribution in [3.05, 3.63) is 29.8 Å². The first-order valence-corrected chi connectivity index (χ1v) is 9.45. The topological polar surface area (TPSA) is 89.5 Å². The molecule has 0 unspecified atom stereocenters. The molecule has 1 aromatic rings. The number of amides is 1. The molecule has 2 rings (SSSR count).